The van der Waals surface area contributed by atoms with E-state index in [0.29, 0.717) is 51.6 Å². The Hall–Kier alpha value is -5.90. The molecule has 0 saturated heterocycles. The molecule has 5 N–H and O–H groups in total. The zero-order valence-corrected chi connectivity index (χ0v) is 34.8. The summed E-state index contributed by atoms with van der Waals surface area (Å²) in [5.74, 6) is 2.25. The van der Waals surface area contributed by atoms with Gasteiger partial charge < -0.3 is 54.2 Å². The molecule has 0 aliphatic heterocycles. The number of ether oxygens (including phenoxy) is 6. The molecule has 1 aromatic heterocycles. The first-order valence-corrected chi connectivity index (χ1v) is 19.7. The lowest BCUT2D eigenvalue weighted by atomic mass is 9.86. The van der Waals surface area contributed by atoms with Gasteiger partial charge in [-0.15, -0.1) is 0 Å². The van der Waals surface area contributed by atoms with Crippen LogP contribution in [0.15, 0.2) is 85.1 Å². The normalized spacial score (nSPS) is 11.4. The van der Waals surface area contributed by atoms with Crippen molar-refractivity contribution < 1.29 is 43.1 Å². The average Bonchev–Trinajstić information content (AvgIpc) is 3.18. The third-order valence-electron chi connectivity index (χ3n) is 8.80. The van der Waals surface area contributed by atoms with Crippen LogP contribution in [0, 0.1) is 0 Å². The second-order valence-corrected chi connectivity index (χ2v) is 15.1. The summed E-state index contributed by atoms with van der Waals surface area (Å²) < 4.78 is 37.6. The molecule has 0 spiro atoms. The maximum Gasteiger partial charge on any atom is 0.335 e. The Morgan fingerprint density at radius 3 is 2.17 bits per heavy atom. The number of pyridine rings is 1. The lowest BCUT2D eigenvalue weighted by Crippen LogP contribution is -2.35. The molecule has 1 heterocycles. The first-order valence-electron chi connectivity index (χ1n) is 18.5. The van der Waals surface area contributed by atoms with Crippen molar-refractivity contribution in [3.63, 3.8) is 0 Å². The number of carboxylic acid groups (broad SMARTS) is 1. The first-order chi connectivity index (χ1) is 27.7. The molecule has 0 saturated carbocycles. The number of nitrogens with zero attached hydrogens (tertiary/aromatic N) is 1. The molecule has 15 heteroatoms. The lowest BCUT2D eigenvalue weighted by molar-refractivity contribution is -0.162. The van der Waals surface area contributed by atoms with E-state index < -0.39 is 17.6 Å². The van der Waals surface area contributed by atoms with E-state index in [2.05, 4.69) is 46.4 Å². The lowest BCUT2D eigenvalue weighted by Gasteiger charge is -2.24. The van der Waals surface area contributed by atoms with Crippen molar-refractivity contribution in [1.82, 2.24) is 4.98 Å². The molecular formula is C43H51N5O9S. The molecule has 0 bridgehead atoms. The summed E-state index contributed by atoms with van der Waals surface area (Å²) in [4.78, 5) is 29.2. The molecule has 308 valence electrons. The summed E-state index contributed by atoms with van der Waals surface area (Å²) in [6.45, 7) is 10.2. The molecule has 2 amide bonds. The number of carbonyl (C=O) groups is 2. The maximum absolute atomic E-state index is 13.5. The van der Waals surface area contributed by atoms with Gasteiger partial charge in [0.15, 0.2) is 11.4 Å². The zero-order valence-electron chi connectivity index (χ0n) is 34.0. The van der Waals surface area contributed by atoms with Gasteiger partial charge in [0.25, 0.3) is 0 Å². The summed E-state index contributed by atoms with van der Waals surface area (Å²) in [7, 11) is 3.14. The van der Waals surface area contributed by atoms with Crippen LogP contribution in [0.4, 0.5) is 33.4 Å². The van der Waals surface area contributed by atoms with Crippen molar-refractivity contribution in [2.75, 3.05) is 67.6 Å². The summed E-state index contributed by atoms with van der Waals surface area (Å²) in [5.41, 5.74) is 2.16. The van der Waals surface area contributed by atoms with Gasteiger partial charge in [-0.25, -0.2) is 14.6 Å². The number of anilines is 5. The van der Waals surface area contributed by atoms with Gasteiger partial charge in [0.1, 0.15) is 35.4 Å². The molecule has 14 nitrogen and oxygen atoms in total. The van der Waals surface area contributed by atoms with E-state index in [0.717, 1.165) is 22.0 Å². The van der Waals surface area contributed by atoms with Crippen molar-refractivity contribution in [3.8, 4) is 28.7 Å². The maximum atomic E-state index is 13.5. The second-order valence-electron chi connectivity index (χ2n) is 14.5. The van der Waals surface area contributed by atoms with Crippen molar-refractivity contribution >= 4 is 63.3 Å². The van der Waals surface area contributed by atoms with Crippen LogP contribution in [-0.2, 0) is 19.7 Å². The Morgan fingerprint density at radius 1 is 0.759 bits per heavy atom. The number of nitrogens with one attached hydrogen (secondary N) is 4. The van der Waals surface area contributed by atoms with Gasteiger partial charge in [0.2, 0.25) is 0 Å². The van der Waals surface area contributed by atoms with Crippen molar-refractivity contribution in [3.05, 3.63) is 90.6 Å². The van der Waals surface area contributed by atoms with Crippen LogP contribution in [0.25, 0.3) is 10.8 Å². The van der Waals surface area contributed by atoms with Crippen molar-refractivity contribution in [2.24, 2.45) is 0 Å². The summed E-state index contributed by atoms with van der Waals surface area (Å²) >= 11 is 1.44. The molecule has 4 aromatic carbocycles. The molecule has 0 aliphatic carbocycles. The summed E-state index contributed by atoms with van der Waals surface area (Å²) in [6.07, 6.45) is 3.57. The SMILES string of the molecule is COc1cc(Nc2cc(Oc3ccc(NC(=O)Nc4cc(C(C)(C)C)cc(NSC)c4OC)c4ccccc34)ccn2)cc(OCCOCCOC(C)(C)C(=O)O)c1. The number of fused-ring (bicyclic) bond motifs is 1. The van der Waals surface area contributed by atoms with E-state index in [1.165, 1.54) is 25.8 Å². The van der Waals surface area contributed by atoms with E-state index in [1.807, 2.05) is 60.9 Å². The first kappa shape index (κ1) is 43.2. The third-order valence-corrected chi connectivity index (χ3v) is 9.22. The van der Waals surface area contributed by atoms with Gasteiger partial charge in [-0.1, -0.05) is 57.0 Å². The van der Waals surface area contributed by atoms with Crippen molar-refractivity contribution in [2.45, 2.75) is 45.6 Å². The highest BCUT2D eigenvalue weighted by atomic mass is 32.2. The van der Waals surface area contributed by atoms with E-state index >= 15 is 0 Å². The topological polar surface area (TPSA) is 171 Å². The minimum Gasteiger partial charge on any atom is -0.497 e. The molecule has 0 atom stereocenters. The van der Waals surface area contributed by atoms with Gasteiger partial charge in [-0.3, -0.25) is 0 Å². The quantitative estimate of drug-likeness (QED) is 0.0395. The number of carboxylic acids is 1. The van der Waals surface area contributed by atoms with Gasteiger partial charge in [-0.2, -0.15) is 0 Å². The smallest absolute Gasteiger partial charge is 0.335 e. The van der Waals surface area contributed by atoms with Crippen LogP contribution in [-0.4, -0.2) is 74.6 Å². The van der Waals surface area contributed by atoms with Gasteiger partial charge in [0, 0.05) is 53.2 Å². The highest BCUT2D eigenvalue weighted by Gasteiger charge is 2.27. The molecule has 0 unspecified atom stereocenters. The Labute approximate surface area is 343 Å². The van der Waals surface area contributed by atoms with E-state index in [1.54, 1.807) is 44.7 Å². The number of hydrogen-bond donors (Lipinski definition) is 5. The van der Waals surface area contributed by atoms with Crippen LogP contribution in [0.5, 0.6) is 28.7 Å². The number of hydrogen-bond acceptors (Lipinski definition) is 12. The fourth-order valence-electron chi connectivity index (χ4n) is 5.71. The Kier molecular flexibility index (Phi) is 14.5. The molecular weight excluding hydrogens is 763 g/mol. The Bertz CT molecular complexity index is 2210. The Morgan fingerprint density at radius 2 is 1.47 bits per heavy atom. The fourth-order valence-corrected chi connectivity index (χ4v) is 6.08. The minimum absolute atomic E-state index is 0.141. The predicted octanol–water partition coefficient (Wildman–Crippen LogP) is 9.69. The molecule has 58 heavy (non-hydrogen) atoms. The summed E-state index contributed by atoms with van der Waals surface area (Å²) in [5, 5.41) is 20.0. The molecule has 0 aliphatic rings. The highest BCUT2D eigenvalue weighted by Crippen LogP contribution is 2.40. The number of carbonyl (C=O) groups excluding carboxylic acids is 1. The summed E-state index contributed by atoms with van der Waals surface area (Å²) in [6, 6.07) is 23.7. The minimum atomic E-state index is -1.28. The fraction of sp³-hybridized carbons (Fsp3) is 0.326. The predicted molar refractivity (Wildman–Crippen MR) is 230 cm³/mol. The molecule has 5 aromatic rings. The number of rotatable bonds is 19. The van der Waals surface area contributed by atoms with E-state index in [4.69, 9.17) is 33.5 Å². The van der Waals surface area contributed by atoms with Gasteiger partial charge >= 0.3 is 12.0 Å². The van der Waals surface area contributed by atoms with Crippen LogP contribution in [0.3, 0.4) is 0 Å². The highest BCUT2D eigenvalue weighted by molar-refractivity contribution is 7.99. The van der Waals surface area contributed by atoms with Gasteiger partial charge in [0.05, 0.1) is 51.1 Å². The second kappa shape index (κ2) is 19.5. The number of methoxy groups -OCH3 is 2. The zero-order chi connectivity index (χ0) is 41.9. The molecule has 5 rings (SSSR count). The number of benzene rings is 4. The number of aliphatic carboxylic acids is 1. The standard InChI is InChI=1S/C43H51N5O9S/c1-42(2,3)27-21-35(39(53-7)36(22-27)48-58-8)47-41(51)46-34-13-14-37(33-12-10-9-11-32(33)34)57-29-15-16-44-38(26-29)45-28-23-30(52-6)25-31(24-28)55-19-17-54-18-20-56-43(4,5)40(49)50/h9-16,21-26,48H,17-20H2,1-8H3,(H,44,45)(H,49,50)(H2,46,47,51). The molecule has 0 fully saturated rings. The van der Waals surface area contributed by atoms with Crippen LogP contribution in [0.1, 0.15) is 40.2 Å². The van der Waals surface area contributed by atoms with E-state index in [9.17, 15) is 9.59 Å². The number of amides is 2. The third kappa shape index (κ3) is 11.6. The average molecular weight is 814 g/mol. The Balaban J connectivity index is 1.25. The van der Waals surface area contributed by atoms with Crippen LogP contribution in [0.2, 0.25) is 0 Å². The van der Waals surface area contributed by atoms with E-state index in [-0.39, 0.29) is 31.8 Å². The number of aromatic nitrogens is 1. The molecule has 0 radical (unpaired) electrons. The largest absolute Gasteiger partial charge is 0.497 e. The van der Waals surface area contributed by atoms with Crippen molar-refractivity contribution in [1.29, 1.82) is 0 Å². The van der Waals surface area contributed by atoms with Crippen LogP contribution >= 0.6 is 11.9 Å². The monoisotopic (exact) mass is 813 g/mol. The van der Waals surface area contributed by atoms with Gasteiger partial charge in [-0.05, 0) is 55.2 Å². The van der Waals surface area contributed by atoms with Crippen LogP contribution < -0.4 is 39.6 Å². The number of urea groups is 1.